The zero-order valence-corrected chi connectivity index (χ0v) is 7.85. The van der Waals surface area contributed by atoms with Gasteiger partial charge in [0, 0.05) is 5.56 Å². The molecule has 0 aliphatic carbocycles. The molecule has 5 heteroatoms. The predicted molar refractivity (Wildman–Crippen MR) is 53.4 cm³/mol. The molecule has 0 fully saturated rings. The lowest BCUT2D eigenvalue weighted by molar-refractivity contribution is 0.636. The Labute approximate surface area is 84.7 Å². The van der Waals surface area contributed by atoms with Crippen molar-refractivity contribution in [3.8, 4) is 11.3 Å². The molecular weight excluding hydrogens is 205 g/mol. The summed E-state index contributed by atoms with van der Waals surface area (Å²) in [6.07, 6.45) is 0. The zero-order valence-electron chi connectivity index (χ0n) is 7.09. The van der Waals surface area contributed by atoms with Gasteiger partial charge in [-0.1, -0.05) is 29.8 Å². The van der Waals surface area contributed by atoms with E-state index in [-0.39, 0.29) is 11.5 Å². The first-order valence-corrected chi connectivity index (χ1v) is 4.32. The molecule has 0 bridgehead atoms. The molecule has 0 atom stereocenters. The van der Waals surface area contributed by atoms with Crippen LogP contribution in [0.1, 0.15) is 0 Å². The van der Waals surface area contributed by atoms with E-state index in [2.05, 4.69) is 10.2 Å². The summed E-state index contributed by atoms with van der Waals surface area (Å²) in [5, 5.41) is 6.50. The molecule has 72 valence electrons. The van der Waals surface area contributed by atoms with E-state index in [1.807, 2.05) is 0 Å². The second kappa shape index (κ2) is 3.31. The summed E-state index contributed by atoms with van der Waals surface area (Å²) < 4.78 is 13.3. The fourth-order valence-corrected chi connectivity index (χ4v) is 1.41. The Morgan fingerprint density at radius 3 is 2.64 bits per heavy atom. The number of H-pyrrole nitrogens is 1. The summed E-state index contributed by atoms with van der Waals surface area (Å²) in [6, 6.07) is 6.90. The smallest absolute Gasteiger partial charge is 0.192 e. The molecule has 3 nitrogen and oxygen atoms in total. The van der Waals surface area contributed by atoms with Crippen molar-refractivity contribution >= 4 is 17.4 Å². The van der Waals surface area contributed by atoms with Crippen LogP contribution in [-0.4, -0.2) is 10.2 Å². The summed E-state index contributed by atoms with van der Waals surface area (Å²) in [6.45, 7) is 0. The quantitative estimate of drug-likeness (QED) is 0.761. The van der Waals surface area contributed by atoms with Crippen LogP contribution in [0.5, 0.6) is 0 Å². The van der Waals surface area contributed by atoms with Gasteiger partial charge in [-0.3, -0.25) is 5.10 Å². The van der Waals surface area contributed by atoms with Crippen LogP contribution in [0.4, 0.5) is 10.2 Å². The van der Waals surface area contributed by atoms with Crippen molar-refractivity contribution in [1.29, 1.82) is 0 Å². The number of anilines is 1. The molecule has 3 N–H and O–H groups in total. The van der Waals surface area contributed by atoms with E-state index in [4.69, 9.17) is 17.3 Å². The molecule has 2 aromatic rings. The maximum absolute atomic E-state index is 13.3. The van der Waals surface area contributed by atoms with E-state index in [0.717, 1.165) is 0 Å². The highest BCUT2D eigenvalue weighted by Gasteiger charge is 2.13. The fourth-order valence-electron chi connectivity index (χ4n) is 1.18. The molecule has 14 heavy (non-hydrogen) atoms. The molecular formula is C9H7ClFN3. The first-order valence-electron chi connectivity index (χ1n) is 3.94. The highest BCUT2D eigenvalue weighted by molar-refractivity contribution is 6.33. The van der Waals surface area contributed by atoms with Crippen LogP contribution in [0, 0.1) is 5.82 Å². The highest BCUT2D eigenvalue weighted by atomic mass is 35.5. The Morgan fingerprint density at radius 1 is 1.36 bits per heavy atom. The molecule has 1 aromatic heterocycles. The Morgan fingerprint density at radius 2 is 2.07 bits per heavy atom. The van der Waals surface area contributed by atoms with Crippen LogP contribution >= 0.6 is 11.6 Å². The normalized spacial score (nSPS) is 10.4. The Bertz CT molecular complexity index is 467. The number of rotatable bonds is 1. The van der Waals surface area contributed by atoms with Crippen molar-refractivity contribution in [2.45, 2.75) is 0 Å². The number of benzene rings is 1. The van der Waals surface area contributed by atoms with Gasteiger partial charge in [-0.15, -0.1) is 0 Å². The van der Waals surface area contributed by atoms with E-state index in [1.54, 1.807) is 24.3 Å². The van der Waals surface area contributed by atoms with Gasteiger partial charge in [-0.05, 0) is 6.07 Å². The molecule has 0 aliphatic rings. The third-order valence-electron chi connectivity index (χ3n) is 1.88. The van der Waals surface area contributed by atoms with Crippen LogP contribution in [0.15, 0.2) is 24.3 Å². The van der Waals surface area contributed by atoms with Gasteiger partial charge in [0.15, 0.2) is 11.6 Å². The summed E-state index contributed by atoms with van der Waals surface area (Å²) in [7, 11) is 0. The summed E-state index contributed by atoms with van der Waals surface area (Å²) in [4.78, 5) is 0. The van der Waals surface area contributed by atoms with Crippen LogP contribution in [-0.2, 0) is 0 Å². The second-order valence-electron chi connectivity index (χ2n) is 2.78. The van der Waals surface area contributed by atoms with Crippen molar-refractivity contribution in [2.75, 3.05) is 5.73 Å². The lowest BCUT2D eigenvalue weighted by Gasteiger charge is -1.99. The number of halogens is 2. The number of nitrogen functional groups attached to an aromatic ring is 1. The van der Waals surface area contributed by atoms with Gasteiger partial charge in [-0.2, -0.15) is 5.10 Å². The first-order chi connectivity index (χ1) is 6.70. The minimum Gasteiger partial charge on any atom is -0.380 e. The third kappa shape index (κ3) is 1.33. The van der Waals surface area contributed by atoms with Crippen molar-refractivity contribution in [2.24, 2.45) is 0 Å². The number of aromatic nitrogens is 2. The van der Waals surface area contributed by atoms with Crippen LogP contribution in [0.3, 0.4) is 0 Å². The maximum atomic E-state index is 13.3. The van der Waals surface area contributed by atoms with Crippen LogP contribution in [0.25, 0.3) is 11.3 Å². The Hall–Kier alpha value is -1.55. The van der Waals surface area contributed by atoms with Crippen molar-refractivity contribution in [1.82, 2.24) is 10.2 Å². The van der Waals surface area contributed by atoms with Crippen LogP contribution in [0.2, 0.25) is 5.02 Å². The molecule has 0 unspecified atom stereocenters. The monoisotopic (exact) mass is 211 g/mol. The molecule has 0 spiro atoms. The fraction of sp³-hybridized carbons (Fsp3) is 0. The molecule has 1 aromatic carbocycles. The number of aromatic amines is 1. The Kier molecular flexibility index (Phi) is 2.13. The molecule has 0 amide bonds. The SMILES string of the molecule is Nc1n[nH]c(-c2ccccc2Cl)c1F. The number of nitrogens with two attached hydrogens (primary N) is 1. The predicted octanol–water partition coefficient (Wildman–Crippen LogP) is 2.45. The lowest BCUT2D eigenvalue weighted by Crippen LogP contribution is -1.87. The number of hydrogen-bond acceptors (Lipinski definition) is 2. The number of hydrogen-bond donors (Lipinski definition) is 2. The van der Waals surface area contributed by atoms with Crippen molar-refractivity contribution in [3.63, 3.8) is 0 Å². The zero-order chi connectivity index (χ0) is 10.1. The van der Waals surface area contributed by atoms with Gasteiger partial charge in [0.1, 0.15) is 5.69 Å². The van der Waals surface area contributed by atoms with Gasteiger partial charge < -0.3 is 5.73 Å². The topological polar surface area (TPSA) is 54.7 Å². The van der Waals surface area contributed by atoms with E-state index in [9.17, 15) is 4.39 Å². The molecule has 0 saturated carbocycles. The minimum absolute atomic E-state index is 0.153. The van der Waals surface area contributed by atoms with Gasteiger partial charge in [0.05, 0.1) is 5.02 Å². The summed E-state index contributed by atoms with van der Waals surface area (Å²) in [5.41, 5.74) is 6.04. The second-order valence-corrected chi connectivity index (χ2v) is 3.18. The molecule has 0 radical (unpaired) electrons. The van der Waals surface area contributed by atoms with Gasteiger partial charge in [-0.25, -0.2) is 4.39 Å². The summed E-state index contributed by atoms with van der Waals surface area (Å²) in [5.74, 6) is -0.724. The van der Waals surface area contributed by atoms with E-state index >= 15 is 0 Å². The molecule has 2 rings (SSSR count). The minimum atomic E-state index is -0.571. The van der Waals surface area contributed by atoms with Crippen molar-refractivity contribution < 1.29 is 4.39 Å². The van der Waals surface area contributed by atoms with Crippen molar-refractivity contribution in [3.05, 3.63) is 35.1 Å². The van der Waals surface area contributed by atoms with E-state index in [0.29, 0.717) is 10.6 Å². The van der Waals surface area contributed by atoms with Gasteiger partial charge >= 0.3 is 0 Å². The average Bonchev–Trinajstić information content (AvgIpc) is 2.49. The largest absolute Gasteiger partial charge is 0.380 e. The average molecular weight is 212 g/mol. The standard InChI is InChI=1S/C9H7ClFN3/c10-6-4-2-1-3-5(6)8-7(11)9(12)14-13-8/h1-4H,(H3,12,13,14). The third-order valence-corrected chi connectivity index (χ3v) is 2.21. The number of nitrogens with one attached hydrogen (secondary N) is 1. The Balaban J connectivity index is 2.60. The molecule has 1 heterocycles. The number of nitrogens with zero attached hydrogens (tertiary/aromatic N) is 1. The van der Waals surface area contributed by atoms with Gasteiger partial charge in [0.25, 0.3) is 0 Å². The van der Waals surface area contributed by atoms with Crippen LogP contribution < -0.4 is 5.73 Å². The molecule has 0 saturated heterocycles. The first kappa shape index (κ1) is 9.02. The van der Waals surface area contributed by atoms with Gasteiger partial charge in [0.2, 0.25) is 0 Å². The molecule has 0 aliphatic heterocycles. The lowest BCUT2D eigenvalue weighted by atomic mass is 10.1. The van der Waals surface area contributed by atoms with E-state index < -0.39 is 5.82 Å². The van der Waals surface area contributed by atoms with E-state index in [1.165, 1.54) is 0 Å². The maximum Gasteiger partial charge on any atom is 0.192 e. The summed E-state index contributed by atoms with van der Waals surface area (Å²) >= 11 is 5.88. The highest BCUT2D eigenvalue weighted by Crippen LogP contribution is 2.29.